The second-order valence-electron chi connectivity index (χ2n) is 24.3. The van der Waals surface area contributed by atoms with E-state index in [0.29, 0.717) is 108 Å². The molecule has 2 aliphatic heterocycles. The van der Waals surface area contributed by atoms with E-state index in [4.69, 9.17) is 24.2 Å². The Balaban J connectivity index is 0.000000242. The van der Waals surface area contributed by atoms with Crippen molar-refractivity contribution in [2.45, 2.75) is 168 Å². The van der Waals surface area contributed by atoms with Crippen molar-refractivity contribution in [3.8, 4) is 11.4 Å². The summed E-state index contributed by atoms with van der Waals surface area (Å²) in [6, 6.07) is 2.33. The Morgan fingerprint density at radius 1 is 0.606 bits per heavy atom. The summed E-state index contributed by atoms with van der Waals surface area (Å²) in [4.78, 5) is 74.6. The number of alkyl halides is 12. The maximum atomic E-state index is 13.6. The molecule has 4 atom stereocenters. The van der Waals surface area contributed by atoms with Crippen molar-refractivity contribution >= 4 is 51.7 Å². The molecule has 4 fully saturated rings. The predicted octanol–water partition coefficient (Wildman–Crippen LogP) is 15.4. The minimum absolute atomic E-state index is 0.0359. The van der Waals surface area contributed by atoms with Gasteiger partial charge in [0.1, 0.15) is 33.9 Å². The highest BCUT2D eigenvalue weighted by Crippen LogP contribution is 2.45. The van der Waals surface area contributed by atoms with Gasteiger partial charge in [-0.2, -0.15) is 57.8 Å². The summed E-state index contributed by atoms with van der Waals surface area (Å²) in [5.41, 5.74) is -4.20. The Morgan fingerprint density at radius 2 is 1.00 bits per heavy atom. The molecule has 2 aromatic carbocycles. The summed E-state index contributed by atoms with van der Waals surface area (Å²) in [6.45, 7) is 12.9. The van der Waals surface area contributed by atoms with E-state index >= 15 is 0 Å². The van der Waals surface area contributed by atoms with Crippen molar-refractivity contribution in [2.24, 2.45) is 30.7 Å². The first-order valence-corrected chi connectivity index (χ1v) is 31.6. The molecule has 2 aliphatic carbocycles. The van der Waals surface area contributed by atoms with Gasteiger partial charge >= 0.3 is 48.8 Å². The van der Waals surface area contributed by atoms with E-state index in [-0.39, 0.29) is 55.4 Å². The molecule has 5 heterocycles. The topological polar surface area (TPSA) is 199 Å². The van der Waals surface area contributed by atoms with Gasteiger partial charge in [0.2, 0.25) is 0 Å². The van der Waals surface area contributed by atoms with Crippen LogP contribution in [0.15, 0.2) is 59.5 Å². The van der Waals surface area contributed by atoms with Crippen LogP contribution in [0.3, 0.4) is 0 Å². The molecule has 18 nitrogen and oxygen atoms in total. The SMILES string of the molecule is CCN(CC1CCC(CC(=O)O)CC1)c1ncc(-c2cc(C)nn2C)nc1CN1C(=O)OC(c2cc(C(F)(F)F)cc(C(F)(F)F)c2)[C@@H]1C.CCOC(=O)CC1CCC(CN(CC)c2ncc(Br)nc2CN2C(=O)OC(c3cc(C(F)(F)F)cc(C(F)(F)F)c3)[C@@H]2C)CC1. The number of aryl methyl sites for hydroxylation is 2. The Labute approximate surface area is 542 Å². The van der Waals surface area contributed by atoms with E-state index in [1.54, 1.807) is 24.9 Å². The fourth-order valence-corrected chi connectivity index (χ4v) is 13.1. The monoisotopic (exact) mass is 1400 g/mol. The van der Waals surface area contributed by atoms with Crippen LogP contribution in [0.25, 0.3) is 11.4 Å². The molecule has 514 valence electrons. The number of anilines is 2. The number of ether oxygens (including phenoxy) is 3. The Bertz CT molecular complexity index is 3440. The molecule has 2 unspecified atom stereocenters. The zero-order chi connectivity index (χ0) is 68.9. The van der Waals surface area contributed by atoms with Crippen LogP contribution in [0.1, 0.15) is 161 Å². The minimum Gasteiger partial charge on any atom is -0.481 e. The number of carbonyl (C=O) groups is 4. The lowest BCUT2D eigenvalue weighted by molar-refractivity contribution is -0.145. The lowest BCUT2D eigenvalue weighted by Gasteiger charge is -2.33. The largest absolute Gasteiger partial charge is 0.481 e. The zero-order valence-corrected chi connectivity index (χ0v) is 54.1. The molecule has 31 heteroatoms. The van der Waals surface area contributed by atoms with Gasteiger partial charge in [-0.05, 0) is 186 Å². The molecular formula is C63H73BrF12N10O8. The van der Waals surface area contributed by atoms with Crippen molar-refractivity contribution in [1.82, 2.24) is 39.5 Å². The lowest BCUT2D eigenvalue weighted by atomic mass is 9.80. The first-order valence-electron chi connectivity index (χ1n) is 30.8. The van der Waals surface area contributed by atoms with Crippen LogP contribution in [-0.4, -0.2) is 114 Å². The van der Waals surface area contributed by atoms with Crippen LogP contribution in [0, 0.1) is 30.6 Å². The number of hydrogen-bond donors (Lipinski definition) is 1. The zero-order valence-electron chi connectivity index (χ0n) is 52.5. The number of amides is 2. The highest BCUT2D eigenvalue weighted by atomic mass is 79.9. The van der Waals surface area contributed by atoms with Crippen molar-refractivity contribution < 1.29 is 91.2 Å². The van der Waals surface area contributed by atoms with Gasteiger partial charge in [0.25, 0.3) is 0 Å². The number of aromatic nitrogens is 6. The number of cyclic esters (lactones) is 2. The molecule has 0 radical (unpaired) electrons. The van der Waals surface area contributed by atoms with Crippen LogP contribution in [0.2, 0.25) is 0 Å². The molecule has 4 aliphatic rings. The third-order valence-corrected chi connectivity index (χ3v) is 18.0. The lowest BCUT2D eigenvalue weighted by Crippen LogP contribution is -2.36. The third-order valence-electron chi connectivity index (χ3n) is 17.7. The third kappa shape index (κ3) is 17.9. The quantitative estimate of drug-likeness (QED) is 0.0438. The number of halogens is 13. The Hall–Kier alpha value is -7.47. The van der Waals surface area contributed by atoms with E-state index < -0.39 is 101 Å². The Morgan fingerprint density at radius 3 is 1.37 bits per heavy atom. The highest BCUT2D eigenvalue weighted by Gasteiger charge is 2.46. The molecule has 2 saturated carbocycles. The molecule has 0 bridgehead atoms. The minimum atomic E-state index is -5.06. The van der Waals surface area contributed by atoms with E-state index in [1.165, 1.54) is 29.8 Å². The molecule has 5 aromatic rings. The predicted molar refractivity (Wildman–Crippen MR) is 320 cm³/mol. The van der Waals surface area contributed by atoms with Crippen LogP contribution in [0.5, 0.6) is 0 Å². The number of rotatable bonds is 20. The first kappa shape index (κ1) is 72.4. The number of aliphatic carboxylic acids is 1. The molecule has 1 N–H and O–H groups in total. The van der Waals surface area contributed by atoms with Crippen LogP contribution in [-0.2, 0) is 68.6 Å². The molecular weight excluding hydrogens is 1330 g/mol. The molecule has 9 rings (SSSR count). The van der Waals surface area contributed by atoms with Crippen molar-refractivity contribution in [2.75, 3.05) is 42.6 Å². The number of esters is 1. The van der Waals surface area contributed by atoms with E-state index in [1.807, 2.05) is 36.6 Å². The standard InChI is InChI=1S/C33H38F6N6O4.C30H35BrF6N4O4/c1-5-44(16-21-8-6-20(7-9-21)11-28(46)47)30-26(41-25(15-40-30)27-10-18(2)42-43(27)4)17-45-19(3)29(49-31(45)48)22-12-23(32(34,35)36)14-24(13-22)33(37,38)39;1-4-40(15-19-8-6-18(7-9-19)10-25(42)44-5-2)27-23(39-24(31)14-38-27)16-41-17(3)26(45-28(41)43)20-11-21(29(32,33)34)13-22(12-20)30(35,36)37/h10,12-15,19-21,29H,5-9,11,16-17H2,1-4H3,(H,46,47);11-14,17-19,26H,4-10,15-16H2,1-3H3/t19-,20?,21?,29?;17-,18?,19?,26?/m00/s1. The average molecular weight is 1410 g/mol. The number of hydrogen-bond acceptors (Lipinski definition) is 14. The fraction of sp³-hybridized carbons (Fsp3) is 0.571. The van der Waals surface area contributed by atoms with Gasteiger partial charge in [0, 0.05) is 46.1 Å². The number of benzene rings is 2. The molecule has 94 heavy (non-hydrogen) atoms. The van der Waals surface area contributed by atoms with Crippen LogP contribution >= 0.6 is 15.9 Å². The fourth-order valence-electron chi connectivity index (χ4n) is 12.8. The number of carboxylic acid groups (broad SMARTS) is 1. The average Bonchev–Trinajstić information content (AvgIpc) is 1.56. The summed E-state index contributed by atoms with van der Waals surface area (Å²) < 4.78 is 181. The maximum absolute atomic E-state index is 13.6. The molecule has 3 aromatic heterocycles. The molecule has 2 saturated heterocycles. The number of carbonyl (C=O) groups excluding carboxylic acids is 3. The van der Waals surface area contributed by atoms with Gasteiger partial charge in [-0.25, -0.2) is 29.5 Å². The normalized spacial score (nSPS) is 22.0. The first-order chi connectivity index (χ1) is 44.0. The van der Waals surface area contributed by atoms with Crippen molar-refractivity contribution in [3.05, 3.63) is 110 Å². The summed E-state index contributed by atoms with van der Waals surface area (Å²) >= 11 is 3.31. The van der Waals surface area contributed by atoms with E-state index in [0.717, 1.165) is 57.1 Å². The number of nitrogens with zero attached hydrogens (tertiary/aromatic N) is 10. The second-order valence-corrected chi connectivity index (χ2v) is 25.1. The van der Waals surface area contributed by atoms with Gasteiger partial charge < -0.3 is 29.1 Å². The summed E-state index contributed by atoms with van der Waals surface area (Å²) in [6.07, 6.45) is -14.3. The molecule has 2 amide bonds. The van der Waals surface area contributed by atoms with E-state index in [9.17, 15) is 77.0 Å². The van der Waals surface area contributed by atoms with Gasteiger partial charge in [-0.3, -0.25) is 24.1 Å². The maximum Gasteiger partial charge on any atom is 0.416 e. The van der Waals surface area contributed by atoms with Crippen LogP contribution < -0.4 is 9.80 Å². The van der Waals surface area contributed by atoms with Gasteiger partial charge in [-0.15, -0.1) is 0 Å². The summed E-state index contributed by atoms with van der Waals surface area (Å²) in [7, 11) is 1.74. The summed E-state index contributed by atoms with van der Waals surface area (Å²) in [5, 5.41) is 13.6. The number of carboxylic acids is 1. The molecule has 0 spiro atoms. The second kappa shape index (κ2) is 29.7. The van der Waals surface area contributed by atoms with Crippen molar-refractivity contribution in [1.29, 1.82) is 0 Å². The van der Waals surface area contributed by atoms with Gasteiger partial charge in [-0.1, -0.05) is 0 Å². The summed E-state index contributed by atoms with van der Waals surface area (Å²) in [5.74, 6) is 0.965. The van der Waals surface area contributed by atoms with E-state index in [2.05, 4.69) is 31.0 Å². The van der Waals surface area contributed by atoms with Crippen molar-refractivity contribution in [3.63, 3.8) is 0 Å². The van der Waals surface area contributed by atoms with Gasteiger partial charge in [0.05, 0.1) is 77.8 Å². The highest BCUT2D eigenvalue weighted by molar-refractivity contribution is 9.10. The Kier molecular flexibility index (Phi) is 22.8. The van der Waals surface area contributed by atoms with Crippen LogP contribution in [0.4, 0.5) is 73.9 Å². The van der Waals surface area contributed by atoms with Gasteiger partial charge in [0.15, 0.2) is 11.6 Å². The smallest absolute Gasteiger partial charge is 0.416 e.